The minimum Gasteiger partial charge on any atom is -0.382 e. The van der Waals surface area contributed by atoms with E-state index in [0.29, 0.717) is 5.84 Å². The third-order valence-electron chi connectivity index (χ3n) is 2.05. The number of aromatic amines is 1. The van der Waals surface area contributed by atoms with Gasteiger partial charge in [0.2, 0.25) is 0 Å². The summed E-state index contributed by atoms with van der Waals surface area (Å²) in [5.41, 5.74) is 7.52. The highest BCUT2D eigenvalue weighted by molar-refractivity contribution is 5.97. The van der Waals surface area contributed by atoms with Crippen molar-refractivity contribution in [2.45, 2.75) is 0 Å². The average molecular weight is 212 g/mol. The van der Waals surface area contributed by atoms with Gasteiger partial charge in [-0.2, -0.15) is 5.10 Å². The Morgan fingerprint density at radius 2 is 1.94 bits per heavy atom. The van der Waals surface area contributed by atoms with Gasteiger partial charge in [-0.15, -0.1) is 5.10 Å². The lowest BCUT2D eigenvalue weighted by Crippen LogP contribution is -2.12. The summed E-state index contributed by atoms with van der Waals surface area (Å²) in [4.78, 5) is 2.99. The zero-order valence-electron chi connectivity index (χ0n) is 8.67. The lowest BCUT2D eigenvalue weighted by Gasteiger charge is -1.96. The van der Waals surface area contributed by atoms with E-state index in [1.165, 1.54) is 0 Å². The van der Waals surface area contributed by atoms with Gasteiger partial charge in [0.05, 0.1) is 11.9 Å². The van der Waals surface area contributed by atoms with E-state index in [4.69, 9.17) is 5.73 Å². The maximum absolute atomic E-state index is 5.76. The summed E-state index contributed by atoms with van der Waals surface area (Å²) in [5.74, 6) is 0.406. The predicted molar refractivity (Wildman–Crippen MR) is 65.6 cm³/mol. The van der Waals surface area contributed by atoms with E-state index >= 15 is 0 Å². The molecule has 0 spiro atoms. The number of benzene rings is 1. The SMILES string of the molecule is N/C(=N\N=C\c1ccc[nH]1)c1ccccc1. The molecule has 0 unspecified atom stereocenters. The molecule has 1 aromatic carbocycles. The summed E-state index contributed by atoms with van der Waals surface area (Å²) >= 11 is 0. The molecule has 0 radical (unpaired) electrons. The van der Waals surface area contributed by atoms with Gasteiger partial charge in [-0.3, -0.25) is 0 Å². The van der Waals surface area contributed by atoms with Gasteiger partial charge in [0, 0.05) is 11.8 Å². The van der Waals surface area contributed by atoms with Crippen LogP contribution in [0.2, 0.25) is 0 Å². The van der Waals surface area contributed by atoms with Crippen molar-refractivity contribution >= 4 is 12.1 Å². The van der Waals surface area contributed by atoms with Crippen molar-refractivity contribution in [1.82, 2.24) is 4.98 Å². The minimum atomic E-state index is 0.406. The number of hydrogen-bond donors (Lipinski definition) is 2. The highest BCUT2D eigenvalue weighted by Gasteiger charge is 1.94. The molecule has 0 aliphatic heterocycles. The van der Waals surface area contributed by atoms with E-state index in [1.54, 1.807) is 6.21 Å². The van der Waals surface area contributed by atoms with E-state index in [-0.39, 0.29) is 0 Å². The monoisotopic (exact) mass is 212 g/mol. The van der Waals surface area contributed by atoms with Crippen LogP contribution < -0.4 is 5.73 Å². The van der Waals surface area contributed by atoms with E-state index in [2.05, 4.69) is 15.2 Å². The van der Waals surface area contributed by atoms with Crippen LogP contribution in [0.1, 0.15) is 11.3 Å². The Balaban J connectivity index is 2.08. The van der Waals surface area contributed by atoms with Crippen molar-refractivity contribution in [3.05, 3.63) is 59.9 Å². The average Bonchev–Trinajstić information content (AvgIpc) is 2.83. The Morgan fingerprint density at radius 1 is 1.12 bits per heavy atom. The van der Waals surface area contributed by atoms with Crippen LogP contribution in [0.25, 0.3) is 0 Å². The predicted octanol–water partition coefficient (Wildman–Crippen LogP) is 1.75. The van der Waals surface area contributed by atoms with Gasteiger partial charge in [0.15, 0.2) is 5.84 Å². The van der Waals surface area contributed by atoms with E-state index in [1.807, 2.05) is 48.7 Å². The van der Waals surface area contributed by atoms with Gasteiger partial charge in [0.25, 0.3) is 0 Å². The van der Waals surface area contributed by atoms with Gasteiger partial charge >= 0.3 is 0 Å². The lowest BCUT2D eigenvalue weighted by atomic mass is 10.2. The van der Waals surface area contributed by atoms with E-state index in [0.717, 1.165) is 11.3 Å². The molecule has 80 valence electrons. The number of rotatable bonds is 3. The minimum absolute atomic E-state index is 0.406. The van der Waals surface area contributed by atoms with Crippen molar-refractivity contribution in [3.63, 3.8) is 0 Å². The Labute approximate surface area is 93.5 Å². The van der Waals surface area contributed by atoms with Crippen molar-refractivity contribution in [1.29, 1.82) is 0 Å². The largest absolute Gasteiger partial charge is 0.382 e. The summed E-state index contributed by atoms with van der Waals surface area (Å²) in [6.07, 6.45) is 3.45. The van der Waals surface area contributed by atoms with Crippen LogP contribution in [0.15, 0.2) is 58.9 Å². The molecule has 0 aliphatic carbocycles. The molecule has 0 amide bonds. The van der Waals surface area contributed by atoms with Gasteiger partial charge < -0.3 is 10.7 Å². The molecule has 3 N–H and O–H groups in total. The van der Waals surface area contributed by atoms with Crippen LogP contribution in [0.5, 0.6) is 0 Å². The number of amidine groups is 1. The molecular formula is C12H12N4. The molecular weight excluding hydrogens is 200 g/mol. The summed E-state index contributed by atoms with van der Waals surface area (Å²) in [6.45, 7) is 0. The smallest absolute Gasteiger partial charge is 0.153 e. The Bertz CT molecular complexity index is 483. The van der Waals surface area contributed by atoms with Gasteiger partial charge in [0.1, 0.15) is 0 Å². The Kier molecular flexibility index (Phi) is 3.13. The summed E-state index contributed by atoms with van der Waals surface area (Å²) in [7, 11) is 0. The first-order valence-corrected chi connectivity index (χ1v) is 4.91. The molecule has 1 heterocycles. The first-order valence-electron chi connectivity index (χ1n) is 4.91. The topological polar surface area (TPSA) is 66.5 Å². The second-order valence-electron chi connectivity index (χ2n) is 3.22. The molecule has 0 aliphatic rings. The van der Waals surface area contributed by atoms with E-state index < -0.39 is 0 Å². The molecule has 2 rings (SSSR count). The van der Waals surface area contributed by atoms with Crippen LogP contribution in [0.3, 0.4) is 0 Å². The zero-order valence-corrected chi connectivity index (χ0v) is 8.67. The van der Waals surface area contributed by atoms with Gasteiger partial charge in [-0.05, 0) is 12.1 Å². The molecule has 2 aromatic rings. The number of nitrogens with one attached hydrogen (secondary N) is 1. The molecule has 4 nitrogen and oxygen atoms in total. The number of aromatic nitrogens is 1. The van der Waals surface area contributed by atoms with Crippen LogP contribution >= 0.6 is 0 Å². The number of nitrogens with two attached hydrogens (primary N) is 1. The molecule has 0 fully saturated rings. The van der Waals surface area contributed by atoms with Gasteiger partial charge in [-0.1, -0.05) is 30.3 Å². The molecule has 0 saturated carbocycles. The number of hydrogen-bond acceptors (Lipinski definition) is 2. The highest BCUT2D eigenvalue weighted by Crippen LogP contribution is 1.98. The molecule has 0 saturated heterocycles. The van der Waals surface area contributed by atoms with Crippen molar-refractivity contribution in [2.75, 3.05) is 0 Å². The van der Waals surface area contributed by atoms with Crippen LogP contribution in [0.4, 0.5) is 0 Å². The van der Waals surface area contributed by atoms with Crippen LogP contribution in [-0.2, 0) is 0 Å². The fourth-order valence-electron chi connectivity index (χ4n) is 1.24. The maximum Gasteiger partial charge on any atom is 0.153 e. The third kappa shape index (κ3) is 2.57. The van der Waals surface area contributed by atoms with Gasteiger partial charge in [-0.25, -0.2) is 0 Å². The second-order valence-corrected chi connectivity index (χ2v) is 3.22. The zero-order chi connectivity index (χ0) is 11.2. The van der Waals surface area contributed by atoms with Crippen molar-refractivity contribution in [3.8, 4) is 0 Å². The maximum atomic E-state index is 5.76. The fraction of sp³-hybridized carbons (Fsp3) is 0. The second kappa shape index (κ2) is 4.93. The van der Waals surface area contributed by atoms with Crippen molar-refractivity contribution < 1.29 is 0 Å². The first kappa shape index (κ1) is 10.2. The summed E-state index contributed by atoms with van der Waals surface area (Å²) in [5, 5.41) is 7.81. The number of nitrogens with zero attached hydrogens (tertiary/aromatic N) is 2. The van der Waals surface area contributed by atoms with Crippen LogP contribution in [-0.4, -0.2) is 17.0 Å². The fourth-order valence-corrected chi connectivity index (χ4v) is 1.24. The molecule has 16 heavy (non-hydrogen) atoms. The summed E-state index contributed by atoms with van der Waals surface area (Å²) < 4.78 is 0. The van der Waals surface area contributed by atoms with E-state index in [9.17, 15) is 0 Å². The van der Waals surface area contributed by atoms with Crippen molar-refractivity contribution in [2.24, 2.45) is 15.9 Å². The Hall–Kier alpha value is -2.36. The normalized spacial score (nSPS) is 12.1. The highest BCUT2D eigenvalue weighted by atomic mass is 15.2. The first-order chi connectivity index (χ1) is 7.86. The molecule has 4 heteroatoms. The van der Waals surface area contributed by atoms with Crippen LogP contribution in [0, 0.1) is 0 Å². The molecule has 1 aromatic heterocycles. The lowest BCUT2D eigenvalue weighted by molar-refractivity contribution is 1.22. The summed E-state index contributed by atoms with van der Waals surface area (Å²) in [6, 6.07) is 13.3. The quantitative estimate of drug-likeness (QED) is 0.454. The molecule has 0 bridgehead atoms. The standard InChI is InChI=1S/C12H12N4/c13-12(10-5-2-1-3-6-10)16-15-9-11-7-4-8-14-11/h1-9,14H,(H2,13,16)/b15-9+. The Morgan fingerprint density at radius 3 is 2.62 bits per heavy atom. The molecule has 0 atom stereocenters. The third-order valence-corrected chi connectivity index (χ3v) is 2.05. The number of H-pyrrole nitrogens is 1.